The molecule has 0 amide bonds. The van der Waals surface area contributed by atoms with Crippen molar-refractivity contribution in [1.29, 1.82) is 0 Å². The number of hydrogen-bond acceptors (Lipinski definition) is 7. The van der Waals surface area contributed by atoms with Crippen LogP contribution >= 0.6 is 0 Å². The lowest BCUT2D eigenvalue weighted by Crippen LogP contribution is -2.29. The molecular formula is C34H32FN3O6S. The van der Waals surface area contributed by atoms with Crippen LogP contribution in [0.4, 0.5) is 10.1 Å². The third-order valence-electron chi connectivity index (χ3n) is 8.29. The van der Waals surface area contributed by atoms with Crippen LogP contribution in [0.25, 0.3) is 33.3 Å². The van der Waals surface area contributed by atoms with E-state index in [-0.39, 0.29) is 33.4 Å². The Hall–Kier alpha value is -4.74. The first-order chi connectivity index (χ1) is 21.6. The second kappa shape index (κ2) is 12.0. The van der Waals surface area contributed by atoms with Gasteiger partial charge in [0.25, 0.3) is 10.0 Å². The fraction of sp³-hybridized carbons (Fsp3) is 0.235. The molecule has 232 valence electrons. The molecule has 45 heavy (non-hydrogen) atoms. The van der Waals surface area contributed by atoms with Crippen molar-refractivity contribution in [2.24, 2.45) is 0 Å². The number of ether oxygens (including phenoxy) is 1. The Labute approximate surface area is 260 Å². The van der Waals surface area contributed by atoms with Crippen molar-refractivity contribution in [1.82, 2.24) is 8.96 Å². The molecule has 1 fully saturated rings. The molecule has 9 nitrogen and oxygen atoms in total. The summed E-state index contributed by atoms with van der Waals surface area (Å²) in [6.45, 7) is 1.87. The molecule has 2 aromatic heterocycles. The number of nitrogens with zero attached hydrogens (tertiary/aromatic N) is 2. The minimum atomic E-state index is -4.06. The van der Waals surface area contributed by atoms with Gasteiger partial charge in [-0.05, 0) is 74.6 Å². The highest BCUT2D eigenvalue weighted by Crippen LogP contribution is 2.39. The molecule has 2 heterocycles. The predicted molar refractivity (Wildman–Crippen MR) is 170 cm³/mol. The minimum absolute atomic E-state index is 0.0891. The van der Waals surface area contributed by atoms with Crippen molar-refractivity contribution in [3.05, 3.63) is 96.1 Å². The van der Waals surface area contributed by atoms with Crippen LogP contribution in [0.1, 0.15) is 41.6 Å². The quantitative estimate of drug-likeness (QED) is 0.178. The van der Waals surface area contributed by atoms with Crippen LogP contribution in [0.2, 0.25) is 0 Å². The zero-order chi connectivity index (χ0) is 31.9. The largest absolute Gasteiger partial charge is 0.496 e. The van der Waals surface area contributed by atoms with Crippen molar-refractivity contribution in [3.8, 4) is 28.0 Å². The summed E-state index contributed by atoms with van der Waals surface area (Å²) in [6, 6.07) is 17.8. The molecule has 0 unspecified atom stereocenters. The second-order valence-electron chi connectivity index (χ2n) is 11.3. The van der Waals surface area contributed by atoms with E-state index in [1.165, 1.54) is 43.8 Å². The molecule has 0 radical (unpaired) electrons. The highest BCUT2D eigenvalue weighted by Gasteiger charge is 2.26. The summed E-state index contributed by atoms with van der Waals surface area (Å²) in [4.78, 5) is 16.9. The number of carboxylic acid groups (broad SMARTS) is 1. The topological polar surface area (TPSA) is 131 Å². The highest BCUT2D eigenvalue weighted by molar-refractivity contribution is 7.90. The molecule has 1 saturated carbocycles. The molecule has 6 rings (SSSR count). The summed E-state index contributed by atoms with van der Waals surface area (Å²) in [5.41, 5.74) is 2.53. The van der Waals surface area contributed by atoms with E-state index in [4.69, 9.17) is 4.74 Å². The van der Waals surface area contributed by atoms with Crippen LogP contribution < -0.4 is 10.1 Å². The van der Waals surface area contributed by atoms with Gasteiger partial charge < -0.3 is 20.3 Å². The van der Waals surface area contributed by atoms with Crippen LogP contribution in [-0.2, 0) is 10.0 Å². The van der Waals surface area contributed by atoms with Crippen molar-refractivity contribution in [2.75, 3.05) is 12.4 Å². The first kappa shape index (κ1) is 30.3. The van der Waals surface area contributed by atoms with Gasteiger partial charge in [-0.2, -0.15) is 0 Å². The molecule has 3 N–H and O–H groups in total. The summed E-state index contributed by atoms with van der Waals surface area (Å²) in [6.07, 6.45) is 4.79. The summed E-state index contributed by atoms with van der Waals surface area (Å²) >= 11 is 0. The number of aliphatic hydroxyl groups excluding tert-OH is 1. The number of pyridine rings is 1. The number of benzene rings is 3. The van der Waals surface area contributed by atoms with Crippen molar-refractivity contribution >= 4 is 32.7 Å². The Balaban J connectivity index is 1.50. The number of aromatic carboxylic acids is 1. The van der Waals surface area contributed by atoms with Gasteiger partial charge in [-0.3, -0.25) is 0 Å². The molecule has 1 aliphatic carbocycles. The highest BCUT2D eigenvalue weighted by atomic mass is 32.2. The van der Waals surface area contributed by atoms with Crippen LogP contribution in [0, 0.1) is 12.7 Å². The molecule has 0 aliphatic heterocycles. The van der Waals surface area contributed by atoms with Crippen molar-refractivity contribution in [3.63, 3.8) is 0 Å². The zero-order valence-corrected chi connectivity index (χ0v) is 25.5. The van der Waals surface area contributed by atoms with Crippen LogP contribution in [0.5, 0.6) is 5.75 Å². The Morgan fingerprint density at radius 3 is 2.40 bits per heavy atom. The Bertz CT molecular complexity index is 2020. The molecule has 5 aromatic rings. The van der Waals surface area contributed by atoms with E-state index >= 15 is 4.39 Å². The second-order valence-corrected chi connectivity index (χ2v) is 13.1. The summed E-state index contributed by atoms with van der Waals surface area (Å²) in [7, 11) is -2.54. The normalized spacial score (nSPS) is 16.9. The number of aromatic nitrogens is 2. The molecule has 3 aromatic carbocycles. The number of carbonyl (C=O) groups is 1. The number of aliphatic hydroxyl groups is 1. The number of methoxy groups -OCH3 is 1. The molecule has 11 heteroatoms. The van der Waals surface area contributed by atoms with Gasteiger partial charge in [0.15, 0.2) is 5.65 Å². The zero-order valence-electron chi connectivity index (χ0n) is 24.7. The van der Waals surface area contributed by atoms with Gasteiger partial charge in [0, 0.05) is 40.5 Å². The van der Waals surface area contributed by atoms with Crippen molar-refractivity contribution in [2.45, 2.75) is 49.6 Å². The number of carboxylic acids is 1. The lowest BCUT2D eigenvalue weighted by Gasteiger charge is -2.28. The molecule has 0 atom stereocenters. The van der Waals surface area contributed by atoms with Gasteiger partial charge in [-0.1, -0.05) is 35.9 Å². The van der Waals surface area contributed by atoms with Crippen LogP contribution in [0.3, 0.4) is 0 Å². The SMILES string of the molecule is COc1ccccc1-c1cn(S(=O)(=O)c2ccc(C)cc2)c2ncc(-c3cc(F)c(N[C@H]4CC[C@H](O)CC4)c(C(=O)O)c3)cc12. The number of hydrogen-bond donors (Lipinski definition) is 3. The summed E-state index contributed by atoms with van der Waals surface area (Å²) < 4.78 is 50.0. The van der Waals surface area contributed by atoms with E-state index in [0.29, 0.717) is 53.5 Å². The standard InChI is InChI=1S/C34H32FN3O6S/c1-20-7-13-25(14-8-20)45(42,43)38-19-29(26-5-3-4-6-31(26)44-2)27-16-22(18-36-33(27)38)21-15-28(34(40)41)32(30(35)17-21)37-23-9-11-24(39)12-10-23/h3-8,13-19,23-24,37,39H,9-12H2,1-2H3,(H,40,41)/t23-,24-. The third kappa shape index (κ3) is 5.76. The Kier molecular flexibility index (Phi) is 8.07. The first-order valence-corrected chi connectivity index (χ1v) is 16.0. The maximum Gasteiger partial charge on any atom is 0.337 e. The number of aryl methyl sites for hydroxylation is 1. The van der Waals surface area contributed by atoms with Gasteiger partial charge >= 0.3 is 5.97 Å². The lowest BCUT2D eigenvalue weighted by molar-refractivity contribution is 0.0697. The predicted octanol–water partition coefficient (Wildman–Crippen LogP) is 6.48. The average molecular weight is 630 g/mol. The average Bonchev–Trinajstić information content (AvgIpc) is 3.42. The monoisotopic (exact) mass is 629 g/mol. The number of rotatable bonds is 8. The third-order valence-corrected chi connectivity index (χ3v) is 9.95. The minimum Gasteiger partial charge on any atom is -0.496 e. The van der Waals surface area contributed by atoms with Gasteiger partial charge in [-0.25, -0.2) is 26.6 Å². The van der Waals surface area contributed by atoms with E-state index in [1.54, 1.807) is 42.5 Å². The number of fused-ring (bicyclic) bond motifs is 1. The number of anilines is 1. The molecule has 0 spiro atoms. The molecule has 1 aliphatic rings. The van der Waals surface area contributed by atoms with Crippen molar-refractivity contribution < 1.29 is 32.6 Å². The van der Waals surface area contributed by atoms with E-state index < -0.39 is 27.9 Å². The van der Waals surface area contributed by atoms with Gasteiger partial charge in [0.1, 0.15) is 11.6 Å². The van der Waals surface area contributed by atoms with Crippen LogP contribution in [0.15, 0.2) is 84.0 Å². The first-order valence-electron chi connectivity index (χ1n) is 14.6. The number of halogens is 1. The Morgan fingerprint density at radius 1 is 1.00 bits per heavy atom. The fourth-order valence-corrected chi connectivity index (χ4v) is 7.16. The maximum absolute atomic E-state index is 15.6. The lowest BCUT2D eigenvalue weighted by atomic mass is 9.92. The summed E-state index contributed by atoms with van der Waals surface area (Å²) in [5, 5.41) is 23.3. The Morgan fingerprint density at radius 2 is 1.71 bits per heavy atom. The summed E-state index contributed by atoms with van der Waals surface area (Å²) in [5.74, 6) is -1.52. The van der Waals surface area contributed by atoms with Gasteiger partial charge in [-0.15, -0.1) is 0 Å². The van der Waals surface area contributed by atoms with E-state index in [0.717, 1.165) is 9.54 Å². The van der Waals surface area contributed by atoms with Crippen LogP contribution in [-0.4, -0.2) is 52.8 Å². The van der Waals surface area contributed by atoms with E-state index in [1.807, 2.05) is 6.92 Å². The number of para-hydroxylation sites is 1. The molecule has 0 saturated heterocycles. The molecular weight excluding hydrogens is 597 g/mol. The van der Waals surface area contributed by atoms with Gasteiger partial charge in [0.05, 0.1) is 29.4 Å². The van der Waals surface area contributed by atoms with Gasteiger partial charge in [0.2, 0.25) is 0 Å². The fourth-order valence-electron chi connectivity index (χ4n) is 5.84. The molecule has 0 bridgehead atoms. The maximum atomic E-state index is 15.6. The smallest absolute Gasteiger partial charge is 0.337 e. The number of nitrogens with one attached hydrogen (secondary N) is 1. The van der Waals surface area contributed by atoms with E-state index in [2.05, 4.69) is 10.3 Å². The van der Waals surface area contributed by atoms with E-state index in [9.17, 15) is 23.4 Å².